The van der Waals surface area contributed by atoms with Gasteiger partial charge in [-0.15, -0.1) is 0 Å². The van der Waals surface area contributed by atoms with Gasteiger partial charge in [0.1, 0.15) is 23.9 Å². The molecule has 0 saturated carbocycles. The zero-order chi connectivity index (χ0) is 22.7. The summed E-state index contributed by atoms with van der Waals surface area (Å²) in [4.78, 5) is 21.2. The van der Waals surface area contributed by atoms with E-state index in [1.807, 2.05) is 56.4 Å². The van der Waals surface area contributed by atoms with E-state index in [4.69, 9.17) is 16.9 Å². The van der Waals surface area contributed by atoms with Crippen molar-refractivity contribution in [2.75, 3.05) is 0 Å². The van der Waals surface area contributed by atoms with Gasteiger partial charge in [0.05, 0.1) is 22.8 Å². The smallest absolute Gasteiger partial charge is 0.271 e. The third-order valence-electron chi connectivity index (χ3n) is 4.82. The monoisotopic (exact) mass is 445 g/mol. The van der Waals surface area contributed by atoms with E-state index in [0.717, 1.165) is 17.0 Å². The van der Waals surface area contributed by atoms with E-state index >= 15 is 0 Å². The largest absolute Gasteiger partial charge is 0.346 e. The molecule has 0 saturated heterocycles. The van der Waals surface area contributed by atoms with Crippen LogP contribution in [-0.4, -0.2) is 36.3 Å². The molecule has 1 N–H and O–H groups in total. The van der Waals surface area contributed by atoms with Gasteiger partial charge in [-0.25, -0.2) is 9.97 Å². The molecule has 4 rings (SSSR count). The SMILES string of the molecule is Cc1cccc(-n2cnc(C(=O)NC(C)Cn3ccc(-c4ccc(C#N)c(Cl)c4)n3)c2)n1. The van der Waals surface area contributed by atoms with Gasteiger partial charge in [-0.3, -0.25) is 14.0 Å². The predicted octanol–water partition coefficient (Wildman–Crippen LogP) is 3.78. The maximum atomic E-state index is 12.6. The second-order valence-electron chi connectivity index (χ2n) is 7.41. The summed E-state index contributed by atoms with van der Waals surface area (Å²) in [6, 6.07) is 14.6. The number of benzene rings is 1. The number of rotatable bonds is 6. The quantitative estimate of drug-likeness (QED) is 0.486. The van der Waals surface area contributed by atoms with E-state index < -0.39 is 0 Å². The molecule has 3 heterocycles. The fraction of sp³-hybridized carbons (Fsp3) is 0.174. The Labute approximate surface area is 190 Å². The number of hydrogen-bond donors (Lipinski definition) is 1. The first-order chi connectivity index (χ1) is 15.4. The minimum absolute atomic E-state index is 0.179. The van der Waals surface area contributed by atoms with Crippen molar-refractivity contribution in [1.29, 1.82) is 5.26 Å². The number of nitrogens with one attached hydrogen (secondary N) is 1. The molecule has 9 heteroatoms. The minimum Gasteiger partial charge on any atom is -0.346 e. The lowest BCUT2D eigenvalue weighted by Crippen LogP contribution is -2.36. The van der Waals surface area contributed by atoms with E-state index in [2.05, 4.69) is 20.4 Å². The Bertz CT molecular complexity index is 1320. The Balaban J connectivity index is 1.39. The molecule has 0 aliphatic carbocycles. The molecular formula is C23H20ClN7O. The van der Waals surface area contributed by atoms with Crippen molar-refractivity contribution in [2.24, 2.45) is 0 Å². The summed E-state index contributed by atoms with van der Waals surface area (Å²) in [7, 11) is 0. The van der Waals surface area contributed by atoms with Crippen LogP contribution in [0, 0.1) is 18.3 Å². The molecule has 0 aliphatic heterocycles. The van der Waals surface area contributed by atoms with E-state index in [0.29, 0.717) is 28.6 Å². The van der Waals surface area contributed by atoms with Gasteiger partial charge in [0.2, 0.25) is 0 Å². The molecule has 3 aromatic heterocycles. The molecule has 1 unspecified atom stereocenters. The number of amides is 1. The molecule has 8 nitrogen and oxygen atoms in total. The number of hydrogen-bond acceptors (Lipinski definition) is 5. The molecule has 0 spiro atoms. The molecule has 0 bridgehead atoms. The number of pyridine rings is 1. The molecular weight excluding hydrogens is 426 g/mol. The number of nitrogens with zero attached hydrogens (tertiary/aromatic N) is 6. The summed E-state index contributed by atoms with van der Waals surface area (Å²) in [6.45, 7) is 4.29. The van der Waals surface area contributed by atoms with Crippen molar-refractivity contribution in [3.8, 4) is 23.1 Å². The van der Waals surface area contributed by atoms with Crippen LogP contribution in [0.5, 0.6) is 0 Å². The molecule has 0 aliphatic rings. The number of halogens is 1. The summed E-state index contributed by atoms with van der Waals surface area (Å²) < 4.78 is 3.47. The van der Waals surface area contributed by atoms with Gasteiger partial charge in [-0.2, -0.15) is 10.4 Å². The standard InChI is InChI=1S/C23H20ClN7O/c1-15-4-3-5-22(27-15)30-13-21(26-14-30)23(32)28-16(2)12-31-9-8-20(29-31)17-6-7-18(11-25)19(24)10-17/h3-10,13-14,16H,12H2,1-2H3,(H,28,32). The highest BCUT2D eigenvalue weighted by atomic mass is 35.5. The maximum Gasteiger partial charge on any atom is 0.271 e. The fourth-order valence-corrected chi connectivity index (χ4v) is 3.47. The van der Waals surface area contributed by atoms with Gasteiger partial charge in [0.15, 0.2) is 0 Å². The number of carbonyl (C=O) groups excluding carboxylic acids is 1. The summed E-state index contributed by atoms with van der Waals surface area (Å²) in [5.41, 5.74) is 3.18. The zero-order valence-electron chi connectivity index (χ0n) is 17.5. The van der Waals surface area contributed by atoms with Crippen molar-refractivity contribution in [2.45, 2.75) is 26.4 Å². The normalized spacial score (nSPS) is 11.7. The zero-order valence-corrected chi connectivity index (χ0v) is 18.3. The molecule has 0 radical (unpaired) electrons. The fourth-order valence-electron chi connectivity index (χ4n) is 3.24. The topological polar surface area (TPSA) is 101 Å². The van der Waals surface area contributed by atoms with E-state index in [1.54, 1.807) is 33.9 Å². The summed E-state index contributed by atoms with van der Waals surface area (Å²) in [6.07, 6.45) is 5.07. The van der Waals surface area contributed by atoms with E-state index in [1.165, 1.54) is 0 Å². The highest BCUT2D eigenvalue weighted by molar-refractivity contribution is 6.32. The van der Waals surface area contributed by atoms with Crippen LogP contribution in [0.4, 0.5) is 0 Å². The van der Waals surface area contributed by atoms with Crippen LogP contribution in [0.3, 0.4) is 0 Å². The van der Waals surface area contributed by atoms with Crippen molar-refractivity contribution in [3.05, 3.63) is 83.2 Å². The van der Waals surface area contributed by atoms with Crippen molar-refractivity contribution in [3.63, 3.8) is 0 Å². The highest BCUT2D eigenvalue weighted by Gasteiger charge is 2.15. The van der Waals surface area contributed by atoms with Crippen molar-refractivity contribution >= 4 is 17.5 Å². The van der Waals surface area contributed by atoms with Crippen LogP contribution in [-0.2, 0) is 6.54 Å². The van der Waals surface area contributed by atoms with Gasteiger partial charge in [-0.05, 0) is 44.2 Å². The second kappa shape index (κ2) is 9.04. The average Bonchev–Trinajstić information content (AvgIpc) is 3.44. The van der Waals surface area contributed by atoms with Gasteiger partial charge in [0, 0.05) is 29.7 Å². The number of aromatic nitrogens is 5. The molecule has 160 valence electrons. The van der Waals surface area contributed by atoms with Gasteiger partial charge in [-0.1, -0.05) is 23.7 Å². The lowest BCUT2D eigenvalue weighted by atomic mass is 10.1. The maximum absolute atomic E-state index is 12.6. The first-order valence-electron chi connectivity index (χ1n) is 9.95. The van der Waals surface area contributed by atoms with Crippen LogP contribution in [0.25, 0.3) is 17.1 Å². The van der Waals surface area contributed by atoms with Crippen molar-refractivity contribution in [1.82, 2.24) is 29.6 Å². The van der Waals surface area contributed by atoms with Crippen LogP contribution < -0.4 is 5.32 Å². The highest BCUT2D eigenvalue weighted by Crippen LogP contribution is 2.24. The summed E-state index contributed by atoms with van der Waals surface area (Å²) in [5, 5.41) is 16.9. The molecule has 32 heavy (non-hydrogen) atoms. The van der Waals surface area contributed by atoms with Gasteiger partial charge < -0.3 is 5.32 Å². The van der Waals surface area contributed by atoms with Gasteiger partial charge in [0.25, 0.3) is 5.91 Å². The molecule has 1 amide bonds. The average molecular weight is 446 g/mol. The van der Waals surface area contributed by atoms with E-state index in [9.17, 15) is 4.79 Å². The number of carbonyl (C=O) groups is 1. The Morgan fingerprint density at radius 2 is 2.12 bits per heavy atom. The molecule has 4 aromatic rings. The van der Waals surface area contributed by atoms with Crippen LogP contribution in [0.1, 0.15) is 28.7 Å². The Kier molecular flexibility index (Phi) is 6.01. The number of nitriles is 1. The van der Waals surface area contributed by atoms with Crippen LogP contribution in [0.15, 0.2) is 61.2 Å². The third kappa shape index (κ3) is 4.68. The predicted molar refractivity (Wildman–Crippen MR) is 120 cm³/mol. The first kappa shape index (κ1) is 21.3. The second-order valence-corrected chi connectivity index (χ2v) is 7.81. The Morgan fingerprint density at radius 3 is 2.88 bits per heavy atom. The molecule has 1 aromatic carbocycles. The number of imidazole rings is 1. The minimum atomic E-state index is -0.268. The van der Waals surface area contributed by atoms with E-state index in [-0.39, 0.29) is 11.9 Å². The first-order valence-corrected chi connectivity index (χ1v) is 10.3. The van der Waals surface area contributed by atoms with Crippen molar-refractivity contribution < 1.29 is 4.79 Å². The summed E-state index contributed by atoms with van der Waals surface area (Å²) in [5.74, 6) is 0.437. The molecule has 0 fully saturated rings. The van der Waals surface area contributed by atoms with Gasteiger partial charge >= 0.3 is 0 Å². The lowest BCUT2D eigenvalue weighted by molar-refractivity contribution is 0.0931. The van der Waals surface area contributed by atoms with Crippen LogP contribution in [0.2, 0.25) is 5.02 Å². The Morgan fingerprint density at radius 1 is 1.28 bits per heavy atom. The summed E-state index contributed by atoms with van der Waals surface area (Å²) >= 11 is 6.12. The third-order valence-corrected chi connectivity index (χ3v) is 5.13. The number of aryl methyl sites for hydroxylation is 1. The molecule has 1 atom stereocenters. The van der Waals surface area contributed by atoms with Crippen LogP contribution >= 0.6 is 11.6 Å². The Hall–Kier alpha value is -3.96. The lowest BCUT2D eigenvalue weighted by Gasteiger charge is -2.13.